The summed E-state index contributed by atoms with van der Waals surface area (Å²) in [5, 5.41) is 2.95. The van der Waals surface area contributed by atoms with E-state index in [1.165, 1.54) is 43.4 Å². The Kier molecular flexibility index (Phi) is 5.09. The molecule has 5 heteroatoms. The van der Waals surface area contributed by atoms with Crippen LogP contribution in [0.15, 0.2) is 24.3 Å². The van der Waals surface area contributed by atoms with Crippen LogP contribution in [0.4, 0.5) is 5.69 Å². The van der Waals surface area contributed by atoms with Crippen LogP contribution in [-0.2, 0) is 16.6 Å². The Morgan fingerprint density at radius 3 is 2.71 bits per heavy atom. The number of aryl methyl sites for hydroxylation is 1. The van der Waals surface area contributed by atoms with Crippen LogP contribution in [0.5, 0.6) is 0 Å². The molecule has 0 radical (unpaired) electrons. The normalized spacial score (nSPS) is 21.6. The molecule has 3 aliphatic rings. The van der Waals surface area contributed by atoms with Crippen molar-refractivity contribution in [2.24, 2.45) is 0 Å². The number of aromatic amines is 1. The van der Waals surface area contributed by atoms with Crippen molar-refractivity contribution in [3.63, 3.8) is 0 Å². The van der Waals surface area contributed by atoms with Gasteiger partial charge in [-0.3, -0.25) is 14.5 Å². The largest absolute Gasteiger partial charge is 0.359 e. The summed E-state index contributed by atoms with van der Waals surface area (Å²) in [6, 6.07) is 7.78. The molecule has 5 rings (SSSR count). The predicted molar refractivity (Wildman–Crippen MR) is 124 cm³/mol. The van der Waals surface area contributed by atoms with E-state index in [2.05, 4.69) is 35.1 Å². The van der Waals surface area contributed by atoms with Crippen LogP contribution in [0.2, 0.25) is 0 Å². The molecular weight excluding hydrogens is 386 g/mol. The average Bonchev–Trinajstić information content (AvgIpc) is 3.30. The number of carbonyl (C=O) groups excluding carboxylic acids is 2. The van der Waals surface area contributed by atoms with Gasteiger partial charge in [0.15, 0.2) is 5.78 Å². The number of ketones is 1. The number of likely N-dealkylation sites (tertiary alicyclic amines) is 1. The molecule has 1 amide bonds. The van der Waals surface area contributed by atoms with E-state index in [9.17, 15) is 9.59 Å². The molecule has 2 aromatic rings. The lowest BCUT2D eigenvalue weighted by atomic mass is 9.75. The number of nitrogens with zero attached hydrogens (tertiary/aromatic N) is 1. The van der Waals surface area contributed by atoms with Gasteiger partial charge in [0, 0.05) is 28.2 Å². The Bertz CT molecular complexity index is 1070. The smallest absolute Gasteiger partial charge is 0.256 e. The predicted octanol–water partition coefficient (Wildman–Crippen LogP) is 4.79. The van der Waals surface area contributed by atoms with Gasteiger partial charge in [-0.05, 0) is 86.5 Å². The molecule has 1 fully saturated rings. The number of nitrogens with one attached hydrogen (secondary N) is 2. The number of aromatic nitrogens is 1. The lowest BCUT2D eigenvalue weighted by Gasteiger charge is -2.29. The van der Waals surface area contributed by atoms with E-state index in [1.807, 2.05) is 24.3 Å². The van der Waals surface area contributed by atoms with Crippen LogP contribution >= 0.6 is 0 Å². The third kappa shape index (κ3) is 3.87. The zero-order valence-corrected chi connectivity index (χ0v) is 18.5. The van der Waals surface area contributed by atoms with Gasteiger partial charge in [0.2, 0.25) is 0 Å². The Labute approximate surface area is 183 Å². The summed E-state index contributed by atoms with van der Waals surface area (Å²) < 4.78 is 0. The maximum absolute atomic E-state index is 12.9. The van der Waals surface area contributed by atoms with Crippen molar-refractivity contribution in [1.29, 1.82) is 0 Å². The van der Waals surface area contributed by atoms with Gasteiger partial charge in [-0.25, -0.2) is 0 Å². The first-order chi connectivity index (χ1) is 14.9. The number of carbonyl (C=O) groups is 2. The van der Waals surface area contributed by atoms with E-state index in [-0.39, 0.29) is 17.1 Å². The minimum absolute atomic E-state index is 0.109. The van der Waals surface area contributed by atoms with Crippen molar-refractivity contribution in [2.75, 3.05) is 25.0 Å². The highest BCUT2D eigenvalue weighted by Gasteiger charge is 2.30. The standard InChI is InChI=1S/C26H31N3O2/c1-26(2)10-6-7-23-21(26)15-18(27-23)14-20-19-13-17(8-9-22(19)28-25(20)31)24(30)16-29-11-4-3-5-12-29/h8-9,13-15,27H,3-7,10-12,16H2,1-2H3,(H,28,31). The Hall–Kier alpha value is -2.66. The third-order valence-corrected chi connectivity index (χ3v) is 7.12. The molecule has 5 nitrogen and oxygen atoms in total. The number of amides is 1. The van der Waals surface area contributed by atoms with Gasteiger partial charge in [-0.1, -0.05) is 20.3 Å². The number of hydrogen-bond donors (Lipinski definition) is 2. The lowest BCUT2D eigenvalue weighted by molar-refractivity contribution is -0.110. The van der Waals surface area contributed by atoms with E-state index in [1.54, 1.807) is 0 Å². The minimum atomic E-state index is -0.109. The topological polar surface area (TPSA) is 65.2 Å². The number of hydrogen-bond acceptors (Lipinski definition) is 3. The minimum Gasteiger partial charge on any atom is -0.359 e. The molecule has 2 aliphatic heterocycles. The van der Waals surface area contributed by atoms with Crippen LogP contribution in [0.1, 0.15) is 78.8 Å². The molecular formula is C26H31N3O2. The van der Waals surface area contributed by atoms with Crippen LogP contribution in [0.25, 0.3) is 11.6 Å². The highest BCUT2D eigenvalue weighted by atomic mass is 16.2. The maximum atomic E-state index is 12.9. The molecule has 1 aromatic heterocycles. The van der Waals surface area contributed by atoms with E-state index >= 15 is 0 Å². The van der Waals surface area contributed by atoms with Crippen LogP contribution < -0.4 is 5.32 Å². The van der Waals surface area contributed by atoms with Gasteiger partial charge in [-0.2, -0.15) is 0 Å². The fourth-order valence-corrected chi connectivity index (χ4v) is 5.31. The molecule has 1 aliphatic carbocycles. The SMILES string of the molecule is CC1(C)CCCc2[nH]c(C=C3C(=O)Nc4ccc(C(=O)CN5CCCCC5)cc43)cc21. The summed E-state index contributed by atoms with van der Waals surface area (Å²) in [6.07, 6.45) is 8.95. The Balaban J connectivity index is 1.43. The molecule has 31 heavy (non-hydrogen) atoms. The second-order valence-electron chi connectivity index (χ2n) is 9.89. The van der Waals surface area contributed by atoms with E-state index in [0.717, 1.165) is 36.5 Å². The van der Waals surface area contributed by atoms with Gasteiger partial charge in [0.05, 0.1) is 12.1 Å². The van der Waals surface area contributed by atoms with Crippen molar-refractivity contribution in [3.05, 3.63) is 52.3 Å². The fraction of sp³-hybridized carbons (Fsp3) is 0.462. The zero-order chi connectivity index (χ0) is 21.6. The van der Waals surface area contributed by atoms with Gasteiger partial charge >= 0.3 is 0 Å². The second kappa shape index (κ2) is 7.79. The number of Topliss-reactive ketones (excluding diaryl/α,β-unsaturated/α-hetero) is 1. The summed E-state index contributed by atoms with van der Waals surface area (Å²) in [6.45, 7) is 7.02. The van der Waals surface area contributed by atoms with Crippen molar-refractivity contribution in [3.8, 4) is 0 Å². The van der Waals surface area contributed by atoms with E-state index < -0.39 is 0 Å². The molecule has 0 spiro atoms. The Morgan fingerprint density at radius 1 is 1.13 bits per heavy atom. The summed E-state index contributed by atoms with van der Waals surface area (Å²) in [7, 11) is 0. The molecule has 0 saturated carbocycles. The molecule has 1 aromatic carbocycles. The van der Waals surface area contributed by atoms with Crippen LogP contribution in [0.3, 0.4) is 0 Å². The number of benzene rings is 1. The van der Waals surface area contributed by atoms with Crippen LogP contribution in [-0.4, -0.2) is 41.2 Å². The lowest BCUT2D eigenvalue weighted by Crippen LogP contribution is -2.34. The number of H-pyrrole nitrogens is 1. The van der Waals surface area contributed by atoms with Gasteiger partial charge in [0.1, 0.15) is 0 Å². The van der Waals surface area contributed by atoms with Crippen molar-refractivity contribution in [2.45, 2.75) is 57.8 Å². The number of piperidine rings is 1. The highest BCUT2D eigenvalue weighted by Crippen LogP contribution is 2.39. The maximum Gasteiger partial charge on any atom is 0.256 e. The van der Waals surface area contributed by atoms with Crippen molar-refractivity contribution >= 4 is 29.0 Å². The number of fused-ring (bicyclic) bond motifs is 2. The summed E-state index contributed by atoms with van der Waals surface area (Å²) in [5.74, 6) is 0.0166. The van der Waals surface area contributed by atoms with E-state index in [4.69, 9.17) is 0 Å². The first-order valence-corrected chi connectivity index (χ1v) is 11.6. The molecule has 0 atom stereocenters. The summed E-state index contributed by atoms with van der Waals surface area (Å²) >= 11 is 0. The monoisotopic (exact) mass is 417 g/mol. The molecule has 0 bridgehead atoms. The van der Waals surface area contributed by atoms with Crippen molar-refractivity contribution in [1.82, 2.24) is 9.88 Å². The first-order valence-electron chi connectivity index (χ1n) is 11.6. The van der Waals surface area contributed by atoms with E-state index in [0.29, 0.717) is 17.7 Å². The number of anilines is 1. The third-order valence-electron chi connectivity index (χ3n) is 7.12. The van der Waals surface area contributed by atoms with Crippen LogP contribution in [0, 0.1) is 0 Å². The number of rotatable bonds is 4. The quantitative estimate of drug-likeness (QED) is 0.555. The zero-order valence-electron chi connectivity index (χ0n) is 18.5. The molecule has 3 heterocycles. The average molecular weight is 418 g/mol. The summed E-state index contributed by atoms with van der Waals surface area (Å²) in [4.78, 5) is 31.4. The van der Waals surface area contributed by atoms with Gasteiger partial charge < -0.3 is 10.3 Å². The molecule has 1 saturated heterocycles. The van der Waals surface area contributed by atoms with Gasteiger partial charge in [0.25, 0.3) is 5.91 Å². The molecule has 2 N–H and O–H groups in total. The summed E-state index contributed by atoms with van der Waals surface area (Å²) in [5.41, 5.74) is 6.66. The molecule has 0 unspecified atom stereocenters. The second-order valence-corrected chi connectivity index (χ2v) is 9.89. The first kappa shape index (κ1) is 20.3. The van der Waals surface area contributed by atoms with Gasteiger partial charge in [-0.15, -0.1) is 0 Å². The van der Waals surface area contributed by atoms with Crippen molar-refractivity contribution < 1.29 is 9.59 Å². The highest BCUT2D eigenvalue weighted by molar-refractivity contribution is 6.35. The fourth-order valence-electron chi connectivity index (χ4n) is 5.31. The Morgan fingerprint density at radius 2 is 1.94 bits per heavy atom. The molecule has 162 valence electrons.